The fourth-order valence-corrected chi connectivity index (χ4v) is 2.34. The summed E-state index contributed by atoms with van der Waals surface area (Å²) >= 11 is 0. The Labute approximate surface area is 156 Å². The van der Waals surface area contributed by atoms with Crippen LogP contribution >= 0.6 is 24.0 Å². The zero-order valence-corrected chi connectivity index (χ0v) is 16.9. The average molecular weight is 432 g/mol. The normalized spacial score (nSPS) is 18.5. The van der Waals surface area contributed by atoms with E-state index in [1.165, 1.54) is 0 Å². The zero-order valence-electron chi connectivity index (χ0n) is 14.6. The van der Waals surface area contributed by atoms with Crippen molar-refractivity contribution >= 4 is 29.9 Å². The third-order valence-electron chi connectivity index (χ3n) is 3.41. The first-order chi connectivity index (χ1) is 10.5. The smallest absolute Gasteiger partial charge is 0.213 e. The molecule has 1 N–H and O–H groups in total. The molecule has 1 atom stereocenters. The highest BCUT2D eigenvalue weighted by Gasteiger charge is 2.26. The van der Waals surface area contributed by atoms with Gasteiger partial charge >= 0.3 is 0 Å². The summed E-state index contributed by atoms with van der Waals surface area (Å²) < 4.78 is 5.94. The van der Waals surface area contributed by atoms with Crippen molar-refractivity contribution < 1.29 is 4.74 Å². The monoisotopic (exact) mass is 432 g/mol. The highest BCUT2D eigenvalue weighted by atomic mass is 127. The quantitative estimate of drug-likeness (QED) is 0.451. The molecular formula is C17H29IN4O. The number of pyridine rings is 1. The van der Waals surface area contributed by atoms with Crippen molar-refractivity contribution in [2.24, 2.45) is 10.4 Å². The van der Waals surface area contributed by atoms with E-state index < -0.39 is 0 Å². The maximum absolute atomic E-state index is 5.94. The molecule has 0 aromatic carbocycles. The van der Waals surface area contributed by atoms with E-state index in [9.17, 15) is 0 Å². The third kappa shape index (κ3) is 6.93. The largest absolute Gasteiger partial charge is 0.472 e. The van der Waals surface area contributed by atoms with Crippen molar-refractivity contribution in [3.05, 3.63) is 24.4 Å². The topological polar surface area (TPSA) is 49.8 Å². The Kier molecular flexibility index (Phi) is 8.08. The fraction of sp³-hybridized carbons (Fsp3) is 0.647. The molecule has 1 aliphatic heterocycles. The second kappa shape index (κ2) is 9.30. The molecule has 5 nitrogen and oxygen atoms in total. The molecule has 1 saturated heterocycles. The first kappa shape index (κ1) is 20.0. The molecule has 1 unspecified atom stereocenters. The zero-order chi connectivity index (χ0) is 16.0. The number of likely N-dealkylation sites (tertiary alicyclic amines) is 1. The van der Waals surface area contributed by atoms with Crippen molar-refractivity contribution in [2.75, 3.05) is 26.2 Å². The van der Waals surface area contributed by atoms with E-state index in [-0.39, 0.29) is 35.5 Å². The van der Waals surface area contributed by atoms with Crippen LogP contribution in [0.2, 0.25) is 0 Å². The standard InChI is InChI=1S/C17H28N4O.HI/c1-5-18-16(20-13-17(2,3)4)21-11-9-14(12-21)22-15-8-6-7-10-19-15;/h6-8,10,14H,5,9,11-13H2,1-4H3,(H,18,20);1H. The van der Waals surface area contributed by atoms with Gasteiger partial charge in [-0.1, -0.05) is 26.8 Å². The van der Waals surface area contributed by atoms with Gasteiger partial charge in [0.2, 0.25) is 5.88 Å². The molecule has 0 bridgehead atoms. The molecule has 6 heteroatoms. The van der Waals surface area contributed by atoms with Gasteiger partial charge in [0.15, 0.2) is 5.96 Å². The summed E-state index contributed by atoms with van der Waals surface area (Å²) in [6.45, 7) is 12.2. The number of ether oxygens (including phenoxy) is 1. The van der Waals surface area contributed by atoms with Crippen molar-refractivity contribution in [2.45, 2.75) is 40.2 Å². The van der Waals surface area contributed by atoms with E-state index in [1.54, 1.807) is 6.20 Å². The van der Waals surface area contributed by atoms with Crippen molar-refractivity contribution in [1.29, 1.82) is 0 Å². The highest BCUT2D eigenvalue weighted by molar-refractivity contribution is 14.0. The van der Waals surface area contributed by atoms with Crippen LogP contribution in [0.5, 0.6) is 5.88 Å². The number of aliphatic imine (C=N–C) groups is 1. The second-order valence-corrected chi connectivity index (χ2v) is 6.87. The minimum absolute atomic E-state index is 0. The molecular weight excluding hydrogens is 403 g/mol. The molecule has 2 heterocycles. The molecule has 2 rings (SSSR count). The molecule has 0 aliphatic carbocycles. The van der Waals surface area contributed by atoms with Gasteiger partial charge in [0.05, 0.1) is 6.54 Å². The maximum Gasteiger partial charge on any atom is 0.213 e. The Morgan fingerprint density at radius 3 is 2.83 bits per heavy atom. The second-order valence-electron chi connectivity index (χ2n) is 6.87. The van der Waals surface area contributed by atoms with Gasteiger partial charge in [0.1, 0.15) is 6.10 Å². The third-order valence-corrected chi connectivity index (χ3v) is 3.41. The Balaban J connectivity index is 0.00000264. The van der Waals surface area contributed by atoms with Crippen LogP contribution in [0.4, 0.5) is 0 Å². The van der Waals surface area contributed by atoms with E-state index in [0.29, 0.717) is 5.88 Å². The van der Waals surface area contributed by atoms with E-state index in [1.807, 2.05) is 18.2 Å². The lowest BCUT2D eigenvalue weighted by atomic mass is 9.97. The van der Waals surface area contributed by atoms with Gasteiger partial charge in [0.25, 0.3) is 0 Å². The molecule has 1 aromatic heterocycles. The minimum atomic E-state index is 0. The summed E-state index contributed by atoms with van der Waals surface area (Å²) in [6, 6.07) is 5.75. The molecule has 0 saturated carbocycles. The first-order valence-corrected chi connectivity index (χ1v) is 8.09. The van der Waals surface area contributed by atoms with Gasteiger partial charge in [-0.05, 0) is 18.4 Å². The number of aromatic nitrogens is 1. The van der Waals surface area contributed by atoms with Gasteiger partial charge in [-0.25, -0.2) is 4.98 Å². The predicted molar refractivity (Wildman–Crippen MR) is 106 cm³/mol. The summed E-state index contributed by atoms with van der Waals surface area (Å²) in [7, 11) is 0. The number of nitrogens with zero attached hydrogens (tertiary/aromatic N) is 3. The lowest BCUT2D eigenvalue weighted by Crippen LogP contribution is -2.41. The number of hydrogen-bond donors (Lipinski definition) is 1. The molecule has 130 valence electrons. The van der Waals surface area contributed by atoms with Crippen LogP contribution in [0.25, 0.3) is 0 Å². The Morgan fingerprint density at radius 1 is 1.43 bits per heavy atom. The molecule has 0 radical (unpaired) electrons. The Hall–Kier alpha value is -1.05. The van der Waals surface area contributed by atoms with Crippen molar-refractivity contribution in [3.63, 3.8) is 0 Å². The summed E-state index contributed by atoms with van der Waals surface area (Å²) in [6.07, 6.45) is 2.93. The molecule has 0 amide bonds. The van der Waals surface area contributed by atoms with Crippen molar-refractivity contribution in [3.8, 4) is 5.88 Å². The summed E-state index contributed by atoms with van der Waals surface area (Å²) in [4.78, 5) is 11.3. The van der Waals surface area contributed by atoms with Gasteiger partial charge in [-0.3, -0.25) is 4.99 Å². The molecule has 1 aromatic rings. The number of rotatable bonds is 4. The molecule has 0 spiro atoms. The van der Waals surface area contributed by atoms with E-state index >= 15 is 0 Å². The van der Waals surface area contributed by atoms with Crippen LogP contribution in [0, 0.1) is 5.41 Å². The maximum atomic E-state index is 5.94. The van der Waals surface area contributed by atoms with E-state index in [2.05, 4.69) is 42.9 Å². The number of guanidine groups is 1. The van der Waals surface area contributed by atoms with Crippen LogP contribution in [-0.2, 0) is 0 Å². The van der Waals surface area contributed by atoms with Gasteiger partial charge in [-0.15, -0.1) is 24.0 Å². The predicted octanol–water partition coefficient (Wildman–Crippen LogP) is 3.16. The Bertz CT molecular complexity index is 487. The van der Waals surface area contributed by atoms with E-state index in [0.717, 1.165) is 38.6 Å². The van der Waals surface area contributed by atoms with Crippen molar-refractivity contribution in [1.82, 2.24) is 15.2 Å². The van der Waals surface area contributed by atoms with Crippen LogP contribution in [0.3, 0.4) is 0 Å². The minimum Gasteiger partial charge on any atom is -0.472 e. The lowest BCUT2D eigenvalue weighted by molar-refractivity contribution is 0.205. The molecule has 1 aliphatic rings. The first-order valence-electron chi connectivity index (χ1n) is 8.09. The van der Waals surface area contributed by atoms with Crippen LogP contribution < -0.4 is 10.1 Å². The van der Waals surface area contributed by atoms with Gasteiger partial charge in [0, 0.05) is 38.3 Å². The van der Waals surface area contributed by atoms with Crippen LogP contribution in [-0.4, -0.2) is 48.1 Å². The lowest BCUT2D eigenvalue weighted by Gasteiger charge is -2.23. The van der Waals surface area contributed by atoms with E-state index in [4.69, 9.17) is 9.73 Å². The fourth-order valence-electron chi connectivity index (χ4n) is 2.34. The van der Waals surface area contributed by atoms with Gasteiger partial charge in [-0.2, -0.15) is 0 Å². The highest BCUT2D eigenvalue weighted by Crippen LogP contribution is 2.17. The average Bonchev–Trinajstić information content (AvgIpc) is 2.92. The molecule has 1 fully saturated rings. The Morgan fingerprint density at radius 2 is 2.22 bits per heavy atom. The number of halogens is 1. The summed E-state index contributed by atoms with van der Waals surface area (Å²) in [5.41, 5.74) is 0.199. The van der Waals surface area contributed by atoms with Crippen LogP contribution in [0.15, 0.2) is 29.4 Å². The van der Waals surface area contributed by atoms with Crippen LogP contribution in [0.1, 0.15) is 34.1 Å². The number of hydrogen-bond acceptors (Lipinski definition) is 3. The number of nitrogens with one attached hydrogen (secondary N) is 1. The summed E-state index contributed by atoms with van der Waals surface area (Å²) in [5, 5.41) is 3.39. The van der Waals surface area contributed by atoms with Gasteiger partial charge < -0.3 is 15.0 Å². The SMILES string of the molecule is CCNC(=NCC(C)(C)C)N1CCC(Oc2ccccn2)C1.I. The molecule has 23 heavy (non-hydrogen) atoms. The summed E-state index contributed by atoms with van der Waals surface area (Å²) in [5.74, 6) is 1.69.